The Balaban J connectivity index is 1.49. The first-order valence-corrected chi connectivity index (χ1v) is 10.7. The van der Waals surface area contributed by atoms with Crippen LogP contribution in [-0.2, 0) is 4.79 Å². The molecule has 7 nitrogen and oxygen atoms in total. The number of ether oxygens (including phenoxy) is 1. The summed E-state index contributed by atoms with van der Waals surface area (Å²) in [5.74, 6) is 0.230. The van der Waals surface area contributed by atoms with E-state index in [9.17, 15) is 9.59 Å². The van der Waals surface area contributed by atoms with Crippen molar-refractivity contribution < 1.29 is 18.7 Å². The Hall–Kier alpha value is -4.00. The fourth-order valence-electron chi connectivity index (χ4n) is 4.07. The molecule has 4 rings (SSSR count). The third-order valence-electron chi connectivity index (χ3n) is 5.61. The minimum absolute atomic E-state index is 0.103. The van der Waals surface area contributed by atoms with Crippen LogP contribution in [0, 0.1) is 20.8 Å². The van der Waals surface area contributed by atoms with E-state index < -0.39 is 6.03 Å². The van der Waals surface area contributed by atoms with Gasteiger partial charge in [0.1, 0.15) is 23.5 Å². The molecular weight excluding hydrogens is 418 g/mol. The summed E-state index contributed by atoms with van der Waals surface area (Å²) < 4.78 is 11.4. The third-order valence-corrected chi connectivity index (χ3v) is 5.61. The normalized spacial score (nSPS) is 10.9. The summed E-state index contributed by atoms with van der Waals surface area (Å²) in [5.41, 5.74) is 5.73. The van der Waals surface area contributed by atoms with E-state index in [0.717, 1.165) is 38.7 Å². The highest BCUT2D eigenvalue weighted by Gasteiger charge is 2.18. The number of carbonyl (C=O) groups excluding carboxylic acids is 2. The van der Waals surface area contributed by atoms with Gasteiger partial charge in [0, 0.05) is 29.6 Å². The van der Waals surface area contributed by atoms with Crippen LogP contribution in [-0.4, -0.2) is 37.5 Å². The molecule has 0 aliphatic rings. The van der Waals surface area contributed by atoms with E-state index >= 15 is 0 Å². The van der Waals surface area contributed by atoms with Crippen molar-refractivity contribution in [3.63, 3.8) is 0 Å². The lowest BCUT2D eigenvalue weighted by atomic mass is 10.1. The Morgan fingerprint density at radius 1 is 0.939 bits per heavy atom. The lowest BCUT2D eigenvalue weighted by molar-refractivity contribution is -0.116. The molecule has 0 spiro atoms. The molecule has 1 aromatic heterocycles. The maximum absolute atomic E-state index is 12.8. The number of benzene rings is 3. The number of aryl methyl sites for hydroxylation is 3. The standard InChI is InChI=1S/C26H27N3O4/c1-15-10-16(2)25(17(3)11-15)28-24(30)14-29(4)26(31)27-20-13-22-19(12-23(20)32-5)18-8-6-7-9-21(18)33-22/h6-13H,14H2,1-5H3,(H,27,31)(H,28,30). The average Bonchev–Trinajstić information content (AvgIpc) is 3.12. The van der Waals surface area contributed by atoms with Gasteiger partial charge in [-0.2, -0.15) is 0 Å². The highest BCUT2D eigenvalue weighted by molar-refractivity contribution is 6.08. The minimum Gasteiger partial charge on any atom is -0.495 e. The number of furan rings is 1. The highest BCUT2D eigenvalue weighted by Crippen LogP contribution is 2.36. The van der Waals surface area contributed by atoms with Crippen LogP contribution in [0.2, 0.25) is 0 Å². The van der Waals surface area contributed by atoms with Gasteiger partial charge >= 0.3 is 6.03 Å². The van der Waals surface area contributed by atoms with Gasteiger partial charge in [-0.05, 0) is 44.0 Å². The number of rotatable bonds is 5. The van der Waals surface area contributed by atoms with Crippen LogP contribution in [0.25, 0.3) is 21.9 Å². The number of anilines is 2. The van der Waals surface area contributed by atoms with Crippen molar-refractivity contribution >= 4 is 45.3 Å². The number of carbonyl (C=O) groups is 2. The first-order chi connectivity index (χ1) is 15.8. The fraction of sp³-hybridized carbons (Fsp3) is 0.231. The fourth-order valence-corrected chi connectivity index (χ4v) is 4.07. The highest BCUT2D eigenvalue weighted by atomic mass is 16.5. The zero-order chi connectivity index (χ0) is 23.7. The molecule has 33 heavy (non-hydrogen) atoms. The van der Waals surface area contributed by atoms with Gasteiger partial charge in [-0.3, -0.25) is 4.79 Å². The Kier molecular flexibility index (Phi) is 5.96. The lowest BCUT2D eigenvalue weighted by Crippen LogP contribution is -2.37. The zero-order valence-electron chi connectivity index (χ0n) is 19.4. The third kappa shape index (κ3) is 4.48. The Morgan fingerprint density at radius 3 is 2.33 bits per heavy atom. The second-order valence-corrected chi connectivity index (χ2v) is 8.25. The molecule has 0 saturated carbocycles. The summed E-state index contributed by atoms with van der Waals surface area (Å²) in [7, 11) is 3.11. The predicted octanol–water partition coefficient (Wildman–Crippen LogP) is 5.62. The topological polar surface area (TPSA) is 83.8 Å². The van der Waals surface area contributed by atoms with E-state index in [-0.39, 0.29) is 12.5 Å². The first-order valence-electron chi connectivity index (χ1n) is 10.7. The Labute approximate surface area is 192 Å². The molecule has 4 aromatic rings. The molecule has 170 valence electrons. The van der Waals surface area contributed by atoms with Crippen LogP contribution in [0.4, 0.5) is 16.2 Å². The lowest BCUT2D eigenvalue weighted by Gasteiger charge is -2.20. The summed E-state index contributed by atoms with van der Waals surface area (Å²) in [4.78, 5) is 26.7. The Morgan fingerprint density at radius 2 is 1.64 bits per heavy atom. The van der Waals surface area contributed by atoms with Crippen molar-refractivity contribution in [1.29, 1.82) is 0 Å². The van der Waals surface area contributed by atoms with Crippen LogP contribution in [0.3, 0.4) is 0 Å². The van der Waals surface area contributed by atoms with Gasteiger partial charge in [-0.15, -0.1) is 0 Å². The summed E-state index contributed by atoms with van der Waals surface area (Å²) in [6.45, 7) is 5.81. The second-order valence-electron chi connectivity index (χ2n) is 8.25. The molecule has 0 aliphatic heterocycles. The average molecular weight is 446 g/mol. The molecule has 0 saturated heterocycles. The summed E-state index contributed by atoms with van der Waals surface area (Å²) in [6.07, 6.45) is 0. The molecule has 3 aromatic carbocycles. The molecule has 7 heteroatoms. The van der Waals surface area contributed by atoms with E-state index in [1.807, 2.05) is 63.2 Å². The molecule has 0 atom stereocenters. The molecule has 0 aliphatic carbocycles. The van der Waals surface area contributed by atoms with E-state index in [1.54, 1.807) is 20.2 Å². The molecule has 0 unspecified atom stereocenters. The predicted molar refractivity (Wildman–Crippen MR) is 131 cm³/mol. The quantitative estimate of drug-likeness (QED) is 0.417. The maximum atomic E-state index is 12.8. The van der Waals surface area contributed by atoms with Crippen molar-refractivity contribution in [2.24, 2.45) is 0 Å². The number of amides is 3. The molecule has 2 N–H and O–H groups in total. The number of urea groups is 1. The van der Waals surface area contributed by atoms with Crippen molar-refractivity contribution in [1.82, 2.24) is 4.90 Å². The van der Waals surface area contributed by atoms with Crippen molar-refractivity contribution in [3.05, 3.63) is 65.2 Å². The second kappa shape index (κ2) is 8.86. The maximum Gasteiger partial charge on any atom is 0.322 e. The molecule has 0 radical (unpaired) electrons. The number of nitrogens with zero attached hydrogens (tertiary/aromatic N) is 1. The van der Waals surface area contributed by atoms with Crippen molar-refractivity contribution in [2.75, 3.05) is 31.3 Å². The molecule has 3 amide bonds. The van der Waals surface area contributed by atoms with Gasteiger partial charge in [0.25, 0.3) is 0 Å². The number of para-hydroxylation sites is 1. The van der Waals surface area contributed by atoms with Gasteiger partial charge in [-0.1, -0.05) is 35.9 Å². The van der Waals surface area contributed by atoms with Gasteiger partial charge < -0.3 is 24.7 Å². The largest absolute Gasteiger partial charge is 0.495 e. The first kappa shape index (κ1) is 22.2. The number of likely N-dealkylation sites (N-methyl/N-ethyl adjacent to an activating group) is 1. The van der Waals surface area contributed by atoms with Crippen LogP contribution >= 0.6 is 0 Å². The number of methoxy groups -OCH3 is 1. The molecular formula is C26H27N3O4. The molecule has 0 fully saturated rings. The van der Waals surface area contributed by atoms with Gasteiger partial charge in [0.15, 0.2) is 0 Å². The van der Waals surface area contributed by atoms with Crippen LogP contribution in [0.15, 0.2) is 52.9 Å². The monoisotopic (exact) mass is 445 g/mol. The van der Waals surface area contributed by atoms with Crippen LogP contribution in [0.5, 0.6) is 5.75 Å². The number of hydrogen-bond donors (Lipinski definition) is 2. The number of fused-ring (bicyclic) bond motifs is 3. The number of nitrogens with one attached hydrogen (secondary N) is 2. The SMILES string of the molecule is COc1cc2c(cc1NC(=O)N(C)CC(=O)Nc1c(C)cc(C)cc1C)oc1ccccc12. The van der Waals surface area contributed by atoms with E-state index in [2.05, 4.69) is 10.6 Å². The Bertz CT molecular complexity index is 1350. The minimum atomic E-state index is -0.434. The number of hydrogen-bond acceptors (Lipinski definition) is 4. The molecule has 0 bridgehead atoms. The van der Waals surface area contributed by atoms with Crippen LogP contribution < -0.4 is 15.4 Å². The van der Waals surface area contributed by atoms with E-state index in [1.165, 1.54) is 4.90 Å². The summed E-state index contributed by atoms with van der Waals surface area (Å²) in [6, 6.07) is 14.9. The van der Waals surface area contributed by atoms with Gasteiger partial charge in [0.05, 0.1) is 12.8 Å². The van der Waals surface area contributed by atoms with Crippen LogP contribution in [0.1, 0.15) is 16.7 Å². The van der Waals surface area contributed by atoms with Crippen molar-refractivity contribution in [3.8, 4) is 5.75 Å². The van der Waals surface area contributed by atoms with E-state index in [4.69, 9.17) is 9.15 Å². The summed E-state index contributed by atoms with van der Waals surface area (Å²) in [5, 5.41) is 7.61. The zero-order valence-corrected chi connectivity index (χ0v) is 19.4. The molecule has 1 heterocycles. The van der Waals surface area contributed by atoms with Gasteiger partial charge in [0.2, 0.25) is 5.91 Å². The van der Waals surface area contributed by atoms with E-state index in [0.29, 0.717) is 17.0 Å². The smallest absolute Gasteiger partial charge is 0.322 e. The summed E-state index contributed by atoms with van der Waals surface area (Å²) >= 11 is 0. The van der Waals surface area contributed by atoms with Crippen molar-refractivity contribution in [2.45, 2.75) is 20.8 Å². The van der Waals surface area contributed by atoms with Gasteiger partial charge in [-0.25, -0.2) is 4.79 Å².